The lowest BCUT2D eigenvalue weighted by Gasteiger charge is -2.42. The van der Waals surface area contributed by atoms with E-state index >= 15 is 0 Å². The lowest BCUT2D eigenvalue weighted by Crippen LogP contribution is -2.58. The lowest BCUT2D eigenvalue weighted by molar-refractivity contribution is -0.899. The highest BCUT2D eigenvalue weighted by atomic mass is 35.5. The number of halogens is 4. The van der Waals surface area contributed by atoms with E-state index in [-0.39, 0.29) is 64.1 Å². The Morgan fingerprint density at radius 3 is 2.42 bits per heavy atom. The number of hydrogen-bond donors (Lipinski definition) is 4. The van der Waals surface area contributed by atoms with Crippen LogP contribution < -0.4 is 11.1 Å². The van der Waals surface area contributed by atoms with Gasteiger partial charge in [-0.3, -0.25) is 14.4 Å². The van der Waals surface area contributed by atoms with Gasteiger partial charge in [0.05, 0.1) is 66.5 Å². The topological polar surface area (TPSA) is 175 Å². The number of piperazine rings is 1. The molecule has 3 aromatic heterocycles. The minimum absolute atomic E-state index is 0.0658. The molecule has 18 heteroatoms. The molecular weight excluding hydrogens is 681 g/mol. The largest absolute Gasteiger partial charge is 0.435 e. The molecule has 264 valence electrons. The number of hydrogen-bond acceptors (Lipinski definition) is 8. The van der Waals surface area contributed by atoms with Gasteiger partial charge in [-0.25, -0.2) is 14.6 Å². The van der Waals surface area contributed by atoms with Crippen LogP contribution in [0.25, 0.3) is 17.1 Å². The van der Waals surface area contributed by atoms with Gasteiger partial charge in [0.1, 0.15) is 12.6 Å². The fourth-order valence-electron chi connectivity index (χ4n) is 6.19. The molecule has 2 atom stereocenters. The zero-order valence-corrected chi connectivity index (χ0v) is 27.9. The van der Waals surface area contributed by atoms with Crippen LogP contribution in [0.1, 0.15) is 33.1 Å². The average molecular weight is 716 g/mol. The van der Waals surface area contributed by atoms with Gasteiger partial charge in [-0.2, -0.15) is 18.3 Å². The van der Waals surface area contributed by atoms with Gasteiger partial charge < -0.3 is 35.4 Å². The molecular formula is C32H35ClF3N10O4+. The van der Waals surface area contributed by atoms with Crippen molar-refractivity contribution in [1.82, 2.24) is 34.5 Å². The number of nitrogens with zero attached hydrogens (tertiary/aromatic N) is 7. The first kappa shape index (κ1) is 34.8. The Kier molecular flexibility index (Phi) is 9.32. The molecule has 14 nitrogen and oxygen atoms in total. The third kappa shape index (κ3) is 7.29. The molecule has 0 radical (unpaired) electrons. The van der Waals surface area contributed by atoms with E-state index in [0.29, 0.717) is 36.2 Å². The van der Waals surface area contributed by atoms with Crippen LogP contribution >= 0.6 is 11.6 Å². The molecule has 2 unspecified atom stereocenters. The van der Waals surface area contributed by atoms with Gasteiger partial charge in [-0.1, -0.05) is 11.6 Å². The second kappa shape index (κ2) is 13.4. The first-order valence-corrected chi connectivity index (χ1v) is 16.1. The van der Waals surface area contributed by atoms with E-state index in [4.69, 9.17) is 17.3 Å². The number of alkyl halides is 3. The summed E-state index contributed by atoms with van der Waals surface area (Å²) in [5.41, 5.74) is 4.69. The Hall–Kier alpha value is -5.00. The van der Waals surface area contributed by atoms with E-state index in [9.17, 15) is 32.7 Å². The number of anilines is 2. The number of amides is 3. The summed E-state index contributed by atoms with van der Waals surface area (Å²) in [5, 5.41) is 16.9. The number of rotatable bonds is 6. The zero-order chi connectivity index (χ0) is 36.0. The molecule has 0 aliphatic carbocycles. The monoisotopic (exact) mass is 715 g/mol. The first-order valence-electron chi connectivity index (χ1n) is 15.7. The summed E-state index contributed by atoms with van der Waals surface area (Å²) in [5.74, 6) is -1.84. The molecule has 2 saturated heterocycles. The number of benzene rings is 1. The number of nitrogens with two attached hydrogens (primary N) is 1. The van der Waals surface area contributed by atoms with Crippen LogP contribution in [0.15, 0.2) is 48.9 Å². The molecule has 3 amide bonds. The normalized spacial score (nSPS) is 19.3. The first-order chi connectivity index (χ1) is 23.6. The number of nitrogen functional groups attached to an aromatic ring is 1. The van der Waals surface area contributed by atoms with Crippen LogP contribution in [0.5, 0.6) is 0 Å². The number of aromatic nitrogens is 5. The Morgan fingerprint density at radius 1 is 1.06 bits per heavy atom. The molecule has 2 fully saturated rings. The van der Waals surface area contributed by atoms with Gasteiger partial charge in [-0.05, 0) is 30.3 Å². The zero-order valence-electron chi connectivity index (χ0n) is 27.1. The van der Waals surface area contributed by atoms with Crippen molar-refractivity contribution in [2.75, 3.05) is 64.4 Å². The maximum absolute atomic E-state index is 13.9. The van der Waals surface area contributed by atoms with E-state index in [1.165, 1.54) is 36.5 Å². The van der Waals surface area contributed by atoms with Crippen molar-refractivity contribution >= 4 is 40.7 Å². The number of H-pyrrole nitrogens is 1. The number of aliphatic hydroxyl groups excluding tert-OH is 1. The number of carbonyl (C=O) groups excluding carboxylic acids is 3. The molecule has 6 rings (SSSR count). The van der Waals surface area contributed by atoms with E-state index in [1.54, 1.807) is 9.80 Å². The summed E-state index contributed by atoms with van der Waals surface area (Å²) in [6.07, 6.45) is -1.46. The summed E-state index contributed by atoms with van der Waals surface area (Å²) >= 11 is 6.45. The van der Waals surface area contributed by atoms with Gasteiger partial charge in [0, 0.05) is 44.5 Å². The molecule has 1 aromatic carbocycles. The van der Waals surface area contributed by atoms with Crippen molar-refractivity contribution < 1.29 is 37.1 Å². The maximum Gasteiger partial charge on any atom is 0.435 e. The van der Waals surface area contributed by atoms with Gasteiger partial charge in [-0.15, -0.1) is 0 Å². The molecule has 0 bridgehead atoms. The van der Waals surface area contributed by atoms with Crippen molar-refractivity contribution in [2.45, 2.75) is 18.7 Å². The van der Waals surface area contributed by atoms with Crippen molar-refractivity contribution in [2.24, 2.45) is 5.92 Å². The summed E-state index contributed by atoms with van der Waals surface area (Å²) in [4.78, 5) is 53.3. The van der Waals surface area contributed by atoms with Crippen LogP contribution in [-0.2, 0) is 11.0 Å². The summed E-state index contributed by atoms with van der Waals surface area (Å²) in [7, 11) is 4.04. The Balaban J connectivity index is 1.09. The highest BCUT2D eigenvalue weighted by Gasteiger charge is 2.41. The summed E-state index contributed by atoms with van der Waals surface area (Å²) < 4.78 is 43.3. The van der Waals surface area contributed by atoms with Gasteiger partial charge in [0.25, 0.3) is 11.8 Å². The van der Waals surface area contributed by atoms with Crippen LogP contribution in [0.3, 0.4) is 0 Å². The Labute approximate surface area is 289 Å². The minimum Gasteiger partial charge on any atom is -0.397 e. The molecule has 0 saturated carbocycles. The van der Waals surface area contributed by atoms with Gasteiger partial charge in [0.15, 0.2) is 17.3 Å². The molecule has 5 heterocycles. The predicted octanol–water partition coefficient (Wildman–Crippen LogP) is 2.91. The predicted molar refractivity (Wildman–Crippen MR) is 176 cm³/mol. The SMILES string of the molecule is C[N+]1(C)CCC(C(=O)N2CCN(C(=O)c3ccc(NC(=O)c4ncc(-c5cn(-c6ccc(N)cn6)nc5C(F)(F)F)[nH]4)cc3Cl)CC2)C(O)C1. The van der Waals surface area contributed by atoms with Crippen molar-refractivity contribution in [3.63, 3.8) is 0 Å². The number of quaternary nitrogens is 1. The van der Waals surface area contributed by atoms with Gasteiger partial charge in [0.2, 0.25) is 5.91 Å². The molecule has 2 aliphatic rings. The number of imidazole rings is 1. The van der Waals surface area contributed by atoms with Crippen LogP contribution in [0.2, 0.25) is 5.02 Å². The van der Waals surface area contributed by atoms with E-state index < -0.39 is 29.8 Å². The summed E-state index contributed by atoms with van der Waals surface area (Å²) in [6.45, 7) is 2.53. The van der Waals surface area contributed by atoms with E-state index in [1.807, 2.05) is 14.1 Å². The molecule has 50 heavy (non-hydrogen) atoms. The second-order valence-corrected chi connectivity index (χ2v) is 13.4. The fraction of sp³-hybridized carbons (Fsp3) is 0.375. The quantitative estimate of drug-likeness (QED) is 0.221. The second-order valence-electron chi connectivity index (χ2n) is 13.0. The Bertz CT molecular complexity index is 1920. The molecule has 2 aliphatic heterocycles. The number of carbonyl (C=O) groups is 3. The Morgan fingerprint density at radius 2 is 1.78 bits per heavy atom. The molecule has 5 N–H and O–H groups in total. The highest BCUT2D eigenvalue weighted by molar-refractivity contribution is 6.34. The van der Waals surface area contributed by atoms with E-state index in [2.05, 4.69) is 25.4 Å². The standard InChI is InChI=1S/C32H34ClF3N10O4/c1-46(2)12-7-21(25(47)17-46)31(50)44-10-8-43(9-11-44)30(49)20-5-4-19(13-23(20)33)40-29(48)28-39-15-24(41-28)22-16-45(42-27(22)32(34,35)36)26-6-3-18(37)14-38-26/h3-6,13-16,21,25,47H,7-12,17,37H2,1-2H3,(H-,39,40,41,48,49)/p+1. The van der Waals surface area contributed by atoms with Crippen molar-refractivity contribution in [1.29, 1.82) is 0 Å². The lowest BCUT2D eigenvalue weighted by atomic mass is 9.91. The summed E-state index contributed by atoms with van der Waals surface area (Å²) in [6, 6.07) is 7.19. The number of piperidine rings is 1. The maximum atomic E-state index is 13.9. The smallest absolute Gasteiger partial charge is 0.397 e. The van der Waals surface area contributed by atoms with E-state index in [0.717, 1.165) is 23.6 Å². The van der Waals surface area contributed by atoms with Crippen molar-refractivity contribution in [3.05, 3.63) is 71.0 Å². The average Bonchev–Trinajstić information content (AvgIpc) is 3.73. The van der Waals surface area contributed by atoms with Crippen LogP contribution in [0.4, 0.5) is 24.5 Å². The number of likely N-dealkylation sites (tertiary alicyclic amines) is 1. The number of likely N-dealkylation sites (N-methyl/N-ethyl adjacent to an activating group) is 1. The van der Waals surface area contributed by atoms with Crippen molar-refractivity contribution in [3.8, 4) is 17.1 Å². The number of aromatic amines is 1. The fourth-order valence-corrected chi connectivity index (χ4v) is 6.45. The van der Waals surface area contributed by atoms with Crippen LogP contribution in [0, 0.1) is 5.92 Å². The molecule has 4 aromatic rings. The number of nitrogens with one attached hydrogen (secondary N) is 2. The minimum atomic E-state index is -4.82. The molecule has 0 spiro atoms. The number of pyridine rings is 1. The third-order valence-corrected chi connectivity index (χ3v) is 9.23. The number of aliphatic hydroxyl groups is 1. The third-order valence-electron chi connectivity index (χ3n) is 8.91. The highest BCUT2D eigenvalue weighted by Crippen LogP contribution is 2.36. The van der Waals surface area contributed by atoms with Crippen LogP contribution in [-0.4, -0.2) is 121 Å². The van der Waals surface area contributed by atoms with Gasteiger partial charge >= 0.3 is 6.18 Å².